The van der Waals surface area contributed by atoms with E-state index in [1.54, 1.807) is 6.08 Å². The SMILES string of the molecule is C=C(C=C(C)C=CCCC)C1=CCCCC(C(=O)O)=C1. The van der Waals surface area contributed by atoms with Gasteiger partial charge in [-0.05, 0) is 49.8 Å². The normalized spacial score (nSPS) is 16.6. The monoisotopic (exact) mass is 272 g/mol. The van der Waals surface area contributed by atoms with Gasteiger partial charge in [0.25, 0.3) is 0 Å². The molecule has 0 saturated heterocycles. The highest BCUT2D eigenvalue weighted by Crippen LogP contribution is 2.23. The Balaban J connectivity index is 2.84. The smallest absolute Gasteiger partial charge is 0.331 e. The van der Waals surface area contributed by atoms with Crippen LogP contribution in [0.25, 0.3) is 0 Å². The molecule has 0 aromatic rings. The Morgan fingerprint density at radius 3 is 2.90 bits per heavy atom. The molecule has 0 heterocycles. The Hall–Kier alpha value is -1.83. The minimum absolute atomic E-state index is 0.475. The van der Waals surface area contributed by atoms with E-state index in [2.05, 4.69) is 31.7 Å². The fraction of sp³-hybridized carbons (Fsp3) is 0.389. The van der Waals surface area contributed by atoms with Gasteiger partial charge < -0.3 is 5.11 Å². The van der Waals surface area contributed by atoms with Crippen LogP contribution in [0.5, 0.6) is 0 Å². The van der Waals surface area contributed by atoms with Crippen molar-refractivity contribution in [2.75, 3.05) is 0 Å². The third-order valence-electron chi connectivity index (χ3n) is 3.23. The summed E-state index contributed by atoms with van der Waals surface area (Å²) in [5.41, 5.74) is 3.42. The number of hydrogen-bond acceptors (Lipinski definition) is 1. The van der Waals surface area contributed by atoms with Crippen LogP contribution in [0.4, 0.5) is 0 Å². The average molecular weight is 272 g/mol. The van der Waals surface area contributed by atoms with E-state index in [1.807, 2.05) is 13.0 Å². The molecule has 2 nitrogen and oxygen atoms in total. The first kappa shape index (κ1) is 16.2. The van der Waals surface area contributed by atoms with Crippen LogP contribution >= 0.6 is 0 Å². The fourth-order valence-electron chi connectivity index (χ4n) is 2.10. The molecule has 2 heteroatoms. The highest BCUT2D eigenvalue weighted by atomic mass is 16.4. The molecular formula is C18H24O2. The number of carboxylic acids is 1. The van der Waals surface area contributed by atoms with Crippen molar-refractivity contribution < 1.29 is 9.90 Å². The predicted octanol–water partition coefficient (Wildman–Crippen LogP) is 4.97. The van der Waals surface area contributed by atoms with Crippen LogP contribution in [0.1, 0.15) is 46.0 Å². The molecule has 1 aliphatic carbocycles. The highest BCUT2D eigenvalue weighted by molar-refractivity contribution is 5.87. The van der Waals surface area contributed by atoms with Gasteiger partial charge in [0.05, 0.1) is 0 Å². The summed E-state index contributed by atoms with van der Waals surface area (Å²) in [7, 11) is 0. The van der Waals surface area contributed by atoms with Crippen LogP contribution in [0.3, 0.4) is 0 Å². The first-order chi connectivity index (χ1) is 9.54. The van der Waals surface area contributed by atoms with E-state index in [9.17, 15) is 4.79 Å². The number of rotatable bonds is 6. The molecule has 108 valence electrons. The molecule has 0 aromatic heterocycles. The van der Waals surface area contributed by atoms with Gasteiger partial charge in [0, 0.05) is 5.57 Å². The standard InChI is InChI=1S/C18H24O2/c1-4-5-6-9-14(2)12-15(3)16-10-7-8-11-17(13-16)18(19)20/h6,9-10,12-13H,3-5,7-8,11H2,1-2H3,(H,19,20). The first-order valence-corrected chi connectivity index (χ1v) is 7.22. The minimum Gasteiger partial charge on any atom is -0.478 e. The van der Waals surface area contributed by atoms with Crippen LogP contribution in [0.15, 0.2) is 59.3 Å². The Morgan fingerprint density at radius 2 is 2.25 bits per heavy atom. The number of aliphatic carboxylic acids is 1. The summed E-state index contributed by atoms with van der Waals surface area (Å²) in [4.78, 5) is 11.1. The third kappa shape index (κ3) is 5.43. The maximum atomic E-state index is 11.1. The molecule has 0 amide bonds. The molecule has 0 spiro atoms. The highest BCUT2D eigenvalue weighted by Gasteiger charge is 2.11. The molecular weight excluding hydrogens is 248 g/mol. The van der Waals surface area contributed by atoms with Gasteiger partial charge in [-0.15, -0.1) is 0 Å². The summed E-state index contributed by atoms with van der Waals surface area (Å²) in [5, 5.41) is 9.14. The lowest BCUT2D eigenvalue weighted by molar-refractivity contribution is -0.132. The molecule has 0 atom stereocenters. The molecule has 0 bridgehead atoms. The zero-order valence-electron chi connectivity index (χ0n) is 12.5. The molecule has 0 fully saturated rings. The molecule has 0 radical (unpaired) electrons. The van der Waals surface area contributed by atoms with Gasteiger partial charge in [0.15, 0.2) is 0 Å². The average Bonchev–Trinajstić information content (AvgIpc) is 2.64. The molecule has 1 aliphatic rings. The molecule has 0 aromatic carbocycles. The van der Waals surface area contributed by atoms with Crippen LogP contribution in [-0.2, 0) is 4.79 Å². The predicted molar refractivity (Wildman–Crippen MR) is 84.6 cm³/mol. The first-order valence-electron chi connectivity index (χ1n) is 7.22. The molecule has 1 N–H and O–H groups in total. The van der Waals surface area contributed by atoms with Crippen molar-refractivity contribution in [3.8, 4) is 0 Å². The lowest BCUT2D eigenvalue weighted by Crippen LogP contribution is -2.00. The fourth-order valence-corrected chi connectivity index (χ4v) is 2.10. The van der Waals surface area contributed by atoms with Crippen molar-refractivity contribution in [2.45, 2.75) is 46.0 Å². The van der Waals surface area contributed by atoms with E-state index >= 15 is 0 Å². The Kier molecular flexibility index (Phi) is 6.78. The number of allylic oxidation sites excluding steroid dienone is 8. The lowest BCUT2D eigenvalue weighted by atomic mass is 10.0. The van der Waals surface area contributed by atoms with Gasteiger partial charge in [0.2, 0.25) is 0 Å². The number of carbonyl (C=O) groups is 1. The van der Waals surface area contributed by atoms with Crippen molar-refractivity contribution in [3.63, 3.8) is 0 Å². The summed E-state index contributed by atoms with van der Waals surface area (Å²) >= 11 is 0. The van der Waals surface area contributed by atoms with E-state index in [0.29, 0.717) is 12.0 Å². The summed E-state index contributed by atoms with van der Waals surface area (Å²) in [6.45, 7) is 8.25. The van der Waals surface area contributed by atoms with Crippen LogP contribution in [0, 0.1) is 0 Å². The number of unbranched alkanes of at least 4 members (excludes halogenated alkanes) is 1. The molecule has 0 aliphatic heterocycles. The van der Waals surface area contributed by atoms with Crippen LogP contribution in [-0.4, -0.2) is 11.1 Å². The topological polar surface area (TPSA) is 37.3 Å². The molecule has 0 unspecified atom stereocenters. The zero-order chi connectivity index (χ0) is 15.0. The van der Waals surface area contributed by atoms with Gasteiger partial charge in [0.1, 0.15) is 0 Å². The quantitative estimate of drug-likeness (QED) is 0.693. The molecule has 0 saturated carbocycles. The second-order valence-corrected chi connectivity index (χ2v) is 5.13. The summed E-state index contributed by atoms with van der Waals surface area (Å²) in [5.74, 6) is -0.825. The summed E-state index contributed by atoms with van der Waals surface area (Å²) in [6, 6.07) is 0. The Morgan fingerprint density at radius 1 is 1.50 bits per heavy atom. The maximum absolute atomic E-state index is 11.1. The van der Waals surface area contributed by atoms with Gasteiger partial charge in [-0.25, -0.2) is 4.79 Å². The number of hydrogen-bond donors (Lipinski definition) is 1. The van der Waals surface area contributed by atoms with Gasteiger partial charge in [-0.2, -0.15) is 0 Å². The van der Waals surface area contributed by atoms with Crippen molar-refractivity contribution in [3.05, 3.63) is 59.3 Å². The van der Waals surface area contributed by atoms with Gasteiger partial charge in [-0.3, -0.25) is 0 Å². The van der Waals surface area contributed by atoms with Crippen molar-refractivity contribution in [1.82, 2.24) is 0 Å². The van der Waals surface area contributed by atoms with E-state index in [1.165, 1.54) is 0 Å². The largest absolute Gasteiger partial charge is 0.478 e. The number of carboxylic acid groups (broad SMARTS) is 1. The maximum Gasteiger partial charge on any atom is 0.331 e. The van der Waals surface area contributed by atoms with E-state index in [0.717, 1.165) is 42.4 Å². The third-order valence-corrected chi connectivity index (χ3v) is 3.23. The van der Waals surface area contributed by atoms with E-state index < -0.39 is 5.97 Å². The minimum atomic E-state index is -0.825. The molecule has 1 rings (SSSR count). The Bertz CT molecular complexity index is 488. The zero-order valence-corrected chi connectivity index (χ0v) is 12.5. The van der Waals surface area contributed by atoms with Crippen molar-refractivity contribution in [2.24, 2.45) is 0 Å². The lowest BCUT2D eigenvalue weighted by Gasteiger charge is -2.03. The van der Waals surface area contributed by atoms with Crippen molar-refractivity contribution in [1.29, 1.82) is 0 Å². The van der Waals surface area contributed by atoms with E-state index in [-0.39, 0.29) is 0 Å². The van der Waals surface area contributed by atoms with Crippen molar-refractivity contribution >= 4 is 5.97 Å². The van der Waals surface area contributed by atoms with Crippen LogP contribution in [0.2, 0.25) is 0 Å². The summed E-state index contributed by atoms with van der Waals surface area (Å²) in [6.07, 6.45) is 14.7. The Labute approximate surface area is 121 Å². The summed E-state index contributed by atoms with van der Waals surface area (Å²) < 4.78 is 0. The second kappa shape index (κ2) is 8.36. The van der Waals surface area contributed by atoms with Gasteiger partial charge >= 0.3 is 5.97 Å². The second-order valence-electron chi connectivity index (χ2n) is 5.13. The van der Waals surface area contributed by atoms with Crippen LogP contribution < -0.4 is 0 Å². The van der Waals surface area contributed by atoms with E-state index in [4.69, 9.17) is 5.11 Å². The molecule has 20 heavy (non-hydrogen) atoms. The van der Waals surface area contributed by atoms with Gasteiger partial charge in [-0.1, -0.05) is 49.8 Å².